The molecule has 0 atom stereocenters. The summed E-state index contributed by atoms with van der Waals surface area (Å²) in [4.78, 5) is 34.7. The molecule has 8 nitrogen and oxygen atoms in total. The molecule has 0 radical (unpaired) electrons. The Morgan fingerprint density at radius 3 is 2.11 bits per heavy atom. The van der Waals surface area contributed by atoms with E-state index in [0.717, 1.165) is 12.8 Å². The Balaban J connectivity index is 1.52. The number of hydrogen-bond donors (Lipinski definition) is 4. The van der Waals surface area contributed by atoms with Crippen LogP contribution in [0.1, 0.15) is 23.2 Å². The fraction of sp³-hybridized carbons (Fsp3) is 0.211. The molecule has 0 unspecified atom stereocenters. The molecule has 0 spiro atoms. The van der Waals surface area contributed by atoms with E-state index in [4.69, 9.17) is 10.5 Å². The van der Waals surface area contributed by atoms with Gasteiger partial charge in [-0.2, -0.15) is 0 Å². The van der Waals surface area contributed by atoms with Crippen molar-refractivity contribution in [3.05, 3.63) is 54.1 Å². The Morgan fingerprint density at radius 2 is 1.52 bits per heavy atom. The molecule has 0 bridgehead atoms. The van der Waals surface area contributed by atoms with E-state index < -0.39 is 5.91 Å². The Labute approximate surface area is 156 Å². The Kier molecular flexibility index (Phi) is 5.55. The second-order valence-corrected chi connectivity index (χ2v) is 6.18. The van der Waals surface area contributed by atoms with Gasteiger partial charge in [-0.15, -0.1) is 0 Å². The van der Waals surface area contributed by atoms with Gasteiger partial charge in [0.1, 0.15) is 5.75 Å². The van der Waals surface area contributed by atoms with Crippen LogP contribution in [0.5, 0.6) is 5.75 Å². The highest BCUT2D eigenvalue weighted by Gasteiger charge is 2.23. The molecule has 1 fully saturated rings. The highest BCUT2D eigenvalue weighted by atomic mass is 16.5. The molecule has 2 aromatic carbocycles. The summed E-state index contributed by atoms with van der Waals surface area (Å²) in [6.07, 6.45) is 2.04. The van der Waals surface area contributed by atoms with E-state index in [9.17, 15) is 14.4 Å². The molecule has 8 heteroatoms. The van der Waals surface area contributed by atoms with Crippen LogP contribution < -0.4 is 26.4 Å². The van der Waals surface area contributed by atoms with Crippen LogP contribution >= 0.6 is 0 Å². The predicted molar refractivity (Wildman–Crippen MR) is 101 cm³/mol. The summed E-state index contributed by atoms with van der Waals surface area (Å²) < 4.78 is 5.16. The maximum atomic E-state index is 12.3. The molecule has 2 aromatic rings. The van der Waals surface area contributed by atoms with E-state index in [1.54, 1.807) is 48.5 Å². The first kappa shape index (κ1) is 18.2. The van der Waals surface area contributed by atoms with Gasteiger partial charge in [0.05, 0.1) is 0 Å². The first-order chi connectivity index (χ1) is 13.0. The van der Waals surface area contributed by atoms with Gasteiger partial charge in [-0.1, -0.05) is 0 Å². The Bertz CT molecular complexity index is 830. The molecule has 1 aliphatic carbocycles. The van der Waals surface area contributed by atoms with Crippen LogP contribution in [0.25, 0.3) is 0 Å². The molecule has 27 heavy (non-hydrogen) atoms. The number of carbonyl (C=O) groups excluding carboxylic acids is 3. The predicted octanol–water partition coefficient (Wildman–Crippen LogP) is 2.09. The van der Waals surface area contributed by atoms with Gasteiger partial charge in [0.25, 0.3) is 11.8 Å². The monoisotopic (exact) mass is 368 g/mol. The van der Waals surface area contributed by atoms with Crippen LogP contribution in [0.2, 0.25) is 0 Å². The molecule has 5 N–H and O–H groups in total. The molecule has 0 aromatic heterocycles. The molecular weight excluding hydrogens is 348 g/mol. The summed E-state index contributed by atoms with van der Waals surface area (Å²) in [7, 11) is 0. The SMILES string of the molecule is NC(=O)COc1ccc(NC(=O)c2ccc(NC(=O)NC3CC3)cc2)cc1. The van der Waals surface area contributed by atoms with Crippen molar-refractivity contribution in [1.82, 2.24) is 5.32 Å². The summed E-state index contributed by atoms with van der Waals surface area (Å²) >= 11 is 0. The standard InChI is InChI=1S/C19H20N4O4/c20-17(24)11-27-16-9-7-13(8-10-16)21-18(25)12-1-3-14(4-2-12)22-19(26)23-15-5-6-15/h1-4,7-10,15H,5-6,11H2,(H2,20,24)(H,21,25)(H2,22,23,26). The van der Waals surface area contributed by atoms with Gasteiger partial charge in [-0.25, -0.2) is 4.79 Å². The lowest BCUT2D eigenvalue weighted by Crippen LogP contribution is -2.30. The number of ether oxygens (including phenoxy) is 1. The second-order valence-electron chi connectivity index (χ2n) is 6.18. The van der Waals surface area contributed by atoms with Gasteiger partial charge in [-0.3, -0.25) is 9.59 Å². The van der Waals surface area contributed by atoms with Gasteiger partial charge in [0.15, 0.2) is 6.61 Å². The molecular formula is C19H20N4O4. The molecule has 4 amide bonds. The van der Waals surface area contributed by atoms with E-state index in [1.165, 1.54) is 0 Å². The minimum atomic E-state index is -0.560. The fourth-order valence-corrected chi connectivity index (χ4v) is 2.28. The van der Waals surface area contributed by atoms with Crippen LogP contribution in [0.4, 0.5) is 16.2 Å². The van der Waals surface area contributed by atoms with E-state index in [1.807, 2.05) is 0 Å². The number of amides is 4. The van der Waals surface area contributed by atoms with Gasteiger partial charge in [0, 0.05) is 23.0 Å². The lowest BCUT2D eigenvalue weighted by molar-refractivity contribution is -0.119. The number of nitrogens with one attached hydrogen (secondary N) is 3. The number of nitrogens with two attached hydrogens (primary N) is 1. The second kappa shape index (κ2) is 8.22. The third kappa shape index (κ3) is 5.74. The molecule has 140 valence electrons. The number of rotatable bonds is 7. The number of primary amides is 1. The number of hydrogen-bond acceptors (Lipinski definition) is 4. The molecule has 3 rings (SSSR count). The van der Waals surface area contributed by atoms with E-state index >= 15 is 0 Å². The maximum absolute atomic E-state index is 12.3. The van der Waals surface area contributed by atoms with Crippen molar-refractivity contribution < 1.29 is 19.1 Å². The van der Waals surface area contributed by atoms with Crippen LogP contribution in [-0.4, -0.2) is 30.5 Å². The highest BCUT2D eigenvalue weighted by molar-refractivity contribution is 6.04. The average Bonchev–Trinajstić information content (AvgIpc) is 3.45. The quantitative estimate of drug-likeness (QED) is 0.597. The first-order valence-electron chi connectivity index (χ1n) is 8.50. The summed E-state index contributed by atoms with van der Waals surface area (Å²) in [6.45, 7) is -0.204. The summed E-state index contributed by atoms with van der Waals surface area (Å²) in [5, 5.41) is 8.31. The van der Waals surface area contributed by atoms with Crippen LogP contribution in [0.15, 0.2) is 48.5 Å². The summed E-state index contributed by atoms with van der Waals surface area (Å²) in [6, 6.07) is 13.2. The normalized spacial score (nSPS) is 12.7. The largest absolute Gasteiger partial charge is 0.484 e. The third-order valence-corrected chi connectivity index (χ3v) is 3.81. The number of benzene rings is 2. The topological polar surface area (TPSA) is 123 Å². The van der Waals surface area contributed by atoms with Crippen molar-refractivity contribution in [2.24, 2.45) is 5.73 Å². The zero-order chi connectivity index (χ0) is 19.2. The highest BCUT2D eigenvalue weighted by Crippen LogP contribution is 2.19. The average molecular weight is 368 g/mol. The minimum absolute atomic E-state index is 0.204. The van der Waals surface area contributed by atoms with E-state index in [2.05, 4.69) is 16.0 Å². The van der Waals surface area contributed by atoms with Crippen molar-refractivity contribution in [3.8, 4) is 5.75 Å². The minimum Gasteiger partial charge on any atom is -0.484 e. The van der Waals surface area contributed by atoms with Crippen molar-refractivity contribution in [1.29, 1.82) is 0 Å². The number of urea groups is 1. The van der Waals surface area contributed by atoms with Crippen LogP contribution in [0, 0.1) is 0 Å². The molecule has 1 saturated carbocycles. The van der Waals surface area contributed by atoms with Crippen molar-refractivity contribution in [2.75, 3.05) is 17.2 Å². The Hall–Kier alpha value is -3.55. The van der Waals surface area contributed by atoms with Gasteiger partial charge in [0.2, 0.25) is 0 Å². The van der Waals surface area contributed by atoms with E-state index in [-0.39, 0.29) is 24.6 Å². The summed E-state index contributed by atoms with van der Waals surface area (Å²) in [5.74, 6) is -0.364. The third-order valence-electron chi connectivity index (χ3n) is 3.81. The van der Waals surface area contributed by atoms with Crippen molar-refractivity contribution in [2.45, 2.75) is 18.9 Å². The summed E-state index contributed by atoms with van der Waals surface area (Å²) in [5.41, 5.74) is 6.66. The lowest BCUT2D eigenvalue weighted by atomic mass is 10.2. The van der Waals surface area contributed by atoms with Gasteiger partial charge < -0.3 is 26.4 Å². The lowest BCUT2D eigenvalue weighted by Gasteiger charge is -2.09. The zero-order valence-corrected chi connectivity index (χ0v) is 14.5. The number of anilines is 2. The van der Waals surface area contributed by atoms with Crippen molar-refractivity contribution >= 4 is 29.2 Å². The molecule has 0 aliphatic heterocycles. The molecule has 0 saturated heterocycles. The van der Waals surface area contributed by atoms with Gasteiger partial charge >= 0.3 is 6.03 Å². The fourth-order valence-electron chi connectivity index (χ4n) is 2.28. The van der Waals surface area contributed by atoms with Crippen molar-refractivity contribution in [3.63, 3.8) is 0 Å². The number of carbonyl (C=O) groups is 3. The van der Waals surface area contributed by atoms with Crippen LogP contribution in [-0.2, 0) is 4.79 Å². The van der Waals surface area contributed by atoms with Gasteiger partial charge in [-0.05, 0) is 61.4 Å². The zero-order valence-electron chi connectivity index (χ0n) is 14.5. The molecule has 0 heterocycles. The van der Waals surface area contributed by atoms with Crippen LogP contribution in [0.3, 0.4) is 0 Å². The Morgan fingerprint density at radius 1 is 0.926 bits per heavy atom. The molecule has 1 aliphatic rings. The first-order valence-corrected chi connectivity index (χ1v) is 8.50. The van der Waals surface area contributed by atoms with E-state index in [0.29, 0.717) is 22.7 Å². The smallest absolute Gasteiger partial charge is 0.319 e. The maximum Gasteiger partial charge on any atom is 0.319 e.